The van der Waals surface area contributed by atoms with Gasteiger partial charge in [0.1, 0.15) is 8.07 Å². The summed E-state index contributed by atoms with van der Waals surface area (Å²) in [7, 11) is -1.47. The highest BCUT2D eigenvalue weighted by Crippen LogP contribution is 2.59. The average molecular weight is 381 g/mol. The molecule has 0 saturated heterocycles. The highest BCUT2D eigenvalue weighted by Gasteiger charge is 2.61. The van der Waals surface area contributed by atoms with Crippen LogP contribution in [0.2, 0.25) is 11.1 Å². The molecule has 1 aliphatic heterocycles. The molecule has 0 nitrogen and oxygen atoms in total. The smallest absolute Gasteiger partial charge is 0.0758 e. The molecule has 0 N–H and O–H groups in total. The number of fused-ring (bicyclic) bond motifs is 1. The van der Waals surface area contributed by atoms with Gasteiger partial charge < -0.3 is 0 Å². The van der Waals surface area contributed by atoms with E-state index in [1.165, 1.54) is 56.9 Å². The molecule has 0 aromatic heterocycles. The summed E-state index contributed by atoms with van der Waals surface area (Å²) in [6.45, 7) is 7.00. The predicted octanol–water partition coefficient (Wildman–Crippen LogP) is 7.87. The molecule has 0 bridgehead atoms. The van der Waals surface area contributed by atoms with E-state index >= 15 is 0 Å². The van der Waals surface area contributed by atoms with E-state index in [9.17, 15) is 0 Å². The Bertz CT molecular complexity index is 651. The molecule has 1 heteroatoms. The van der Waals surface area contributed by atoms with Gasteiger partial charge in [-0.3, -0.25) is 0 Å². The minimum Gasteiger partial charge on any atom is -0.0758 e. The SMILES string of the molecule is CCCC1c2cccc(C=C(C)C)c2[Si]1(C1CCCCC1)C1CCCCC1. The van der Waals surface area contributed by atoms with Crippen molar-refractivity contribution in [1.29, 1.82) is 0 Å². The van der Waals surface area contributed by atoms with Crippen LogP contribution in [0.3, 0.4) is 0 Å². The standard InChI is InChI=1S/C26H40Si/c1-4-12-25-24-18-11-13-21(19-20(2)3)26(24)27(25,22-14-7-5-8-15-22)23-16-9-6-10-17-23/h11,13,18-19,22-23,25H,4-10,12,14-17H2,1-3H3. The molecule has 0 radical (unpaired) electrons. The van der Waals surface area contributed by atoms with E-state index in [1.54, 1.807) is 36.8 Å². The average Bonchev–Trinajstić information content (AvgIpc) is 2.68. The van der Waals surface area contributed by atoms with Crippen molar-refractivity contribution in [3.05, 3.63) is 34.9 Å². The molecule has 1 aromatic carbocycles. The maximum Gasteiger partial charge on any atom is 0.101 e. The van der Waals surface area contributed by atoms with Crippen LogP contribution < -0.4 is 5.19 Å². The second-order valence-corrected chi connectivity index (χ2v) is 14.7. The van der Waals surface area contributed by atoms with E-state index in [2.05, 4.69) is 45.0 Å². The molecule has 1 atom stereocenters. The van der Waals surface area contributed by atoms with Gasteiger partial charge in [-0.2, -0.15) is 0 Å². The third kappa shape index (κ3) is 3.28. The van der Waals surface area contributed by atoms with Gasteiger partial charge >= 0.3 is 0 Å². The first kappa shape index (κ1) is 19.5. The van der Waals surface area contributed by atoms with Gasteiger partial charge in [0.2, 0.25) is 0 Å². The van der Waals surface area contributed by atoms with E-state index in [4.69, 9.17) is 0 Å². The van der Waals surface area contributed by atoms with Crippen molar-refractivity contribution in [2.45, 2.75) is 114 Å². The Morgan fingerprint density at radius 2 is 1.52 bits per heavy atom. The first-order chi connectivity index (χ1) is 13.2. The Kier molecular flexibility index (Phi) is 5.97. The molecule has 1 heterocycles. The van der Waals surface area contributed by atoms with Crippen molar-refractivity contribution < 1.29 is 0 Å². The van der Waals surface area contributed by atoms with Gasteiger partial charge in [-0.05, 0) is 53.2 Å². The first-order valence-electron chi connectivity index (χ1n) is 12.0. The van der Waals surface area contributed by atoms with E-state index in [1.807, 2.05) is 5.19 Å². The first-order valence-corrected chi connectivity index (χ1v) is 14.2. The van der Waals surface area contributed by atoms with Crippen LogP contribution >= 0.6 is 0 Å². The molecule has 2 saturated carbocycles. The summed E-state index contributed by atoms with van der Waals surface area (Å²) in [5.74, 6) is 0. The third-order valence-electron chi connectivity index (χ3n) is 8.10. The lowest BCUT2D eigenvalue weighted by Crippen LogP contribution is -2.70. The Balaban J connectivity index is 1.88. The Hall–Kier alpha value is -0.823. The van der Waals surface area contributed by atoms with Crippen molar-refractivity contribution in [2.75, 3.05) is 0 Å². The molecule has 4 rings (SSSR count). The number of hydrogen-bond acceptors (Lipinski definition) is 0. The van der Waals surface area contributed by atoms with Crippen LogP contribution in [0.1, 0.15) is 114 Å². The summed E-state index contributed by atoms with van der Waals surface area (Å²) in [6.07, 6.45) is 20.5. The van der Waals surface area contributed by atoms with E-state index in [-0.39, 0.29) is 0 Å². The lowest BCUT2D eigenvalue weighted by atomic mass is 9.98. The zero-order chi connectivity index (χ0) is 18.9. The monoisotopic (exact) mass is 380 g/mol. The van der Waals surface area contributed by atoms with Crippen LogP contribution in [-0.4, -0.2) is 8.07 Å². The minimum absolute atomic E-state index is 0.967. The van der Waals surface area contributed by atoms with Gasteiger partial charge in [-0.25, -0.2) is 0 Å². The van der Waals surface area contributed by atoms with Gasteiger partial charge in [0.25, 0.3) is 0 Å². The summed E-state index contributed by atoms with van der Waals surface area (Å²) in [5, 5.41) is 1.95. The van der Waals surface area contributed by atoms with Crippen molar-refractivity contribution in [2.24, 2.45) is 0 Å². The van der Waals surface area contributed by atoms with Crippen molar-refractivity contribution in [3.8, 4) is 0 Å². The second-order valence-electron chi connectivity index (χ2n) is 9.98. The summed E-state index contributed by atoms with van der Waals surface area (Å²) < 4.78 is 0. The molecule has 2 fully saturated rings. The number of rotatable bonds is 5. The molecule has 0 amide bonds. The van der Waals surface area contributed by atoms with Crippen LogP contribution in [0.5, 0.6) is 0 Å². The Morgan fingerprint density at radius 1 is 0.926 bits per heavy atom. The fourth-order valence-corrected chi connectivity index (χ4v) is 15.7. The largest absolute Gasteiger partial charge is 0.101 e. The molecule has 1 unspecified atom stereocenters. The zero-order valence-corrected chi connectivity index (χ0v) is 19.0. The predicted molar refractivity (Wildman–Crippen MR) is 122 cm³/mol. The van der Waals surface area contributed by atoms with Crippen molar-refractivity contribution in [3.63, 3.8) is 0 Å². The van der Waals surface area contributed by atoms with Crippen LogP contribution in [0.4, 0.5) is 0 Å². The topological polar surface area (TPSA) is 0 Å². The number of allylic oxidation sites excluding steroid dienone is 1. The Morgan fingerprint density at radius 3 is 2.04 bits per heavy atom. The van der Waals surface area contributed by atoms with Crippen molar-refractivity contribution >= 4 is 19.3 Å². The molecular weight excluding hydrogens is 340 g/mol. The van der Waals surface area contributed by atoms with Crippen LogP contribution in [0.25, 0.3) is 6.08 Å². The zero-order valence-electron chi connectivity index (χ0n) is 18.0. The van der Waals surface area contributed by atoms with E-state index in [0.29, 0.717) is 0 Å². The van der Waals surface area contributed by atoms with E-state index < -0.39 is 8.07 Å². The summed E-state index contributed by atoms with van der Waals surface area (Å²) >= 11 is 0. The van der Waals surface area contributed by atoms with Gasteiger partial charge in [0.05, 0.1) is 0 Å². The molecule has 2 aliphatic carbocycles. The van der Waals surface area contributed by atoms with Gasteiger partial charge in [0.15, 0.2) is 0 Å². The van der Waals surface area contributed by atoms with Crippen LogP contribution in [-0.2, 0) is 0 Å². The molecule has 3 aliphatic rings. The van der Waals surface area contributed by atoms with Crippen LogP contribution in [0, 0.1) is 0 Å². The fraction of sp³-hybridized carbons (Fsp3) is 0.692. The van der Waals surface area contributed by atoms with Crippen LogP contribution in [0.15, 0.2) is 23.8 Å². The normalized spacial score (nSPS) is 25.5. The lowest BCUT2D eigenvalue weighted by Gasteiger charge is -2.60. The quantitative estimate of drug-likeness (QED) is 0.456. The highest BCUT2D eigenvalue weighted by molar-refractivity contribution is 6.99. The lowest BCUT2D eigenvalue weighted by molar-refractivity contribution is 0.440. The highest BCUT2D eigenvalue weighted by atomic mass is 28.3. The molecule has 1 aromatic rings. The number of benzene rings is 1. The molecule has 0 spiro atoms. The summed E-state index contributed by atoms with van der Waals surface area (Å²) in [4.78, 5) is 0. The number of hydrogen-bond donors (Lipinski definition) is 0. The summed E-state index contributed by atoms with van der Waals surface area (Å²) in [5.41, 5.74) is 8.00. The van der Waals surface area contributed by atoms with Gasteiger partial charge in [-0.1, -0.05) is 107 Å². The summed E-state index contributed by atoms with van der Waals surface area (Å²) in [6, 6.07) is 7.34. The molecule has 27 heavy (non-hydrogen) atoms. The molecular formula is C26H40Si. The maximum atomic E-state index is 2.52. The Labute approximate surface area is 168 Å². The van der Waals surface area contributed by atoms with E-state index in [0.717, 1.165) is 16.6 Å². The molecule has 148 valence electrons. The maximum absolute atomic E-state index is 2.52. The van der Waals surface area contributed by atoms with Gasteiger partial charge in [-0.15, -0.1) is 0 Å². The minimum atomic E-state index is -1.47. The third-order valence-corrected chi connectivity index (χ3v) is 15.1. The fourth-order valence-electron chi connectivity index (χ4n) is 7.32. The second kappa shape index (κ2) is 8.27. The van der Waals surface area contributed by atoms with Crippen molar-refractivity contribution in [1.82, 2.24) is 0 Å². The van der Waals surface area contributed by atoms with Gasteiger partial charge in [0, 0.05) is 0 Å².